The fourth-order valence-electron chi connectivity index (χ4n) is 1.17. The quantitative estimate of drug-likeness (QED) is 0.330. The average Bonchev–Trinajstić information content (AvgIpc) is 2.56. The summed E-state index contributed by atoms with van der Waals surface area (Å²) in [7, 11) is 0. The summed E-state index contributed by atoms with van der Waals surface area (Å²) in [5.74, 6) is -0.193. The van der Waals surface area contributed by atoms with Gasteiger partial charge in [-0.05, 0) is 6.07 Å². The third-order valence-electron chi connectivity index (χ3n) is 1.80. The molecule has 2 rings (SSSR count). The molecule has 82 valence electrons. The highest BCUT2D eigenvalue weighted by atomic mass is 16.6. The van der Waals surface area contributed by atoms with Gasteiger partial charge in [-0.25, -0.2) is 0 Å². The Hall–Kier alpha value is -2.64. The van der Waals surface area contributed by atoms with E-state index in [2.05, 4.69) is 9.98 Å². The predicted octanol–water partition coefficient (Wildman–Crippen LogP) is 0.641. The number of nitrogens with zero attached hydrogens (tertiary/aromatic N) is 3. The van der Waals surface area contributed by atoms with Crippen molar-refractivity contribution in [1.82, 2.24) is 4.98 Å². The first-order valence-electron chi connectivity index (χ1n) is 4.21. The second-order valence-electron chi connectivity index (χ2n) is 2.94. The SMILES string of the molecule is NC(N)=Nc1nc2ccc([N+](=O)[O-])cc2o1. The van der Waals surface area contributed by atoms with Gasteiger partial charge in [0.2, 0.25) is 0 Å². The molecule has 0 saturated carbocycles. The van der Waals surface area contributed by atoms with Crippen LogP contribution in [0.4, 0.5) is 11.7 Å². The van der Waals surface area contributed by atoms with Crippen molar-refractivity contribution in [3.63, 3.8) is 0 Å². The molecule has 0 amide bonds. The lowest BCUT2D eigenvalue weighted by molar-refractivity contribution is -0.384. The van der Waals surface area contributed by atoms with Gasteiger partial charge in [-0.3, -0.25) is 10.1 Å². The zero-order chi connectivity index (χ0) is 11.7. The number of aromatic nitrogens is 1. The molecule has 4 N–H and O–H groups in total. The van der Waals surface area contributed by atoms with Crippen LogP contribution in [0.5, 0.6) is 0 Å². The van der Waals surface area contributed by atoms with E-state index in [4.69, 9.17) is 15.9 Å². The fourth-order valence-corrected chi connectivity index (χ4v) is 1.17. The summed E-state index contributed by atoms with van der Waals surface area (Å²) in [6.07, 6.45) is 0. The van der Waals surface area contributed by atoms with Gasteiger partial charge in [0.05, 0.1) is 11.0 Å². The van der Waals surface area contributed by atoms with Crippen LogP contribution in [0.15, 0.2) is 27.6 Å². The van der Waals surface area contributed by atoms with Crippen molar-refractivity contribution in [2.75, 3.05) is 0 Å². The van der Waals surface area contributed by atoms with Gasteiger partial charge in [0, 0.05) is 6.07 Å². The molecule has 0 bridgehead atoms. The number of guanidine groups is 1. The summed E-state index contributed by atoms with van der Waals surface area (Å²) >= 11 is 0. The maximum Gasteiger partial charge on any atom is 0.325 e. The number of non-ortho nitro benzene ring substituents is 1. The minimum Gasteiger partial charge on any atom is -0.422 e. The topological polar surface area (TPSA) is 134 Å². The Kier molecular flexibility index (Phi) is 2.16. The summed E-state index contributed by atoms with van der Waals surface area (Å²) in [4.78, 5) is 17.5. The van der Waals surface area contributed by atoms with E-state index in [1.165, 1.54) is 18.2 Å². The van der Waals surface area contributed by atoms with Crippen molar-refractivity contribution in [3.05, 3.63) is 28.3 Å². The number of hydrogen-bond donors (Lipinski definition) is 2. The smallest absolute Gasteiger partial charge is 0.325 e. The van der Waals surface area contributed by atoms with Crippen LogP contribution in [0.25, 0.3) is 11.1 Å². The van der Waals surface area contributed by atoms with Gasteiger partial charge in [-0.1, -0.05) is 0 Å². The van der Waals surface area contributed by atoms with Gasteiger partial charge >= 0.3 is 6.01 Å². The molecular weight excluding hydrogens is 214 g/mol. The van der Waals surface area contributed by atoms with Crippen molar-refractivity contribution >= 4 is 28.8 Å². The maximum absolute atomic E-state index is 10.5. The lowest BCUT2D eigenvalue weighted by Gasteiger charge is -1.88. The monoisotopic (exact) mass is 221 g/mol. The molecule has 16 heavy (non-hydrogen) atoms. The van der Waals surface area contributed by atoms with Crippen LogP contribution in [0.3, 0.4) is 0 Å². The maximum atomic E-state index is 10.5. The lowest BCUT2D eigenvalue weighted by Crippen LogP contribution is -2.21. The Morgan fingerprint density at radius 3 is 2.88 bits per heavy atom. The highest BCUT2D eigenvalue weighted by Gasteiger charge is 2.11. The second kappa shape index (κ2) is 3.50. The lowest BCUT2D eigenvalue weighted by atomic mass is 10.3. The Morgan fingerprint density at radius 2 is 2.25 bits per heavy atom. The highest BCUT2D eigenvalue weighted by Crippen LogP contribution is 2.24. The minimum atomic E-state index is -0.526. The molecule has 8 nitrogen and oxygen atoms in total. The standard InChI is InChI=1S/C8H7N5O3/c9-7(10)12-8-11-5-2-1-4(13(14)15)3-6(5)16-8/h1-3H,(H4,9,10,11,12). The molecule has 8 heteroatoms. The molecular formula is C8H7N5O3. The Labute approximate surface area is 88.7 Å². The Balaban J connectivity index is 2.54. The van der Waals surface area contributed by atoms with Crippen LogP contribution in [-0.2, 0) is 0 Å². The zero-order valence-electron chi connectivity index (χ0n) is 7.95. The Morgan fingerprint density at radius 1 is 1.50 bits per heavy atom. The number of nitro benzene ring substituents is 1. The van der Waals surface area contributed by atoms with E-state index in [1.807, 2.05) is 0 Å². The third kappa shape index (κ3) is 1.75. The van der Waals surface area contributed by atoms with E-state index in [9.17, 15) is 10.1 Å². The highest BCUT2D eigenvalue weighted by molar-refractivity contribution is 5.80. The van der Waals surface area contributed by atoms with E-state index < -0.39 is 4.92 Å². The van der Waals surface area contributed by atoms with Crippen LogP contribution < -0.4 is 11.5 Å². The first-order chi connectivity index (χ1) is 7.56. The zero-order valence-corrected chi connectivity index (χ0v) is 7.95. The first-order valence-corrected chi connectivity index (χ1v) is 4.21. The van der Waals surface area contributed by atoms with E-state index >= 15 is 0 Å². The molecule has 0 saturated heterocycles. The van der Waals surface area contributed by atoms with Crippen molar-refractivity contribution in [1.29, 1.82) is 0 Å². The van der Waals surface area contributed by atoms with Crippen LogP contribution in [0.2, 0.25) is 0 Å². The van der Waals surface area contributed by atoms with Crippen LogP contribution in [0.1, 0.15) is 0 Å². The number of fused-ring (bicyclic) bond motifs is 1. The van der Waals surface area contributed by atoms with Gasteiger partial charge < -0.3 is 15.9 Å². The van der Waals surface area contributed by atoms with Gasteiger partial charge in [-0.2, -0.15) is 9.98 Å². The fraction of sp³-hybridized carbons (Fsp3) is 0. The molecule has 0 fully saturated rings. The van der Waals surface area contributed by atoms with Crippen molar-refractivity contribution in [2.45, 2.75) is 0 Å². The molecule has 1 aromatic carbocycles. The molecule has 0 aliphatic rings. The van der Waals surface area contributed by atoms with Crippen molar-refractivity contribution in [3.8, 4) is 0 Å². The van der Waals surface area contributed by atoms with E-state index in [1.54, 1.807) is 0 Å². The van der Waals surface area contributed by atoms with E-state index in [0.717, 1.165) is 0 Å². The summed E-state index contributed by atoms with van der Waals surface area (Å²) in [5, 5.41) is 10.5. The van der Waals surface area contributed by atoms with E-state index in [-0.39, 0.29) is 23.2 Å². The number of nitrogens with two attached hydrogens (primary N) is 2. The molecule has 1 aromatic heterocycles. The molecule has 0 spiro atoms. The molecule has 0 aliphatic heterocycles. The summed E-state index contributed by atoms with van der Waals surface area (Å²) in [5.41, 5.74) is 10.9. The third-order valence-corrected chi connectivity index (χ3v) is 1.80. The normalized spacial score (nSPS) is 10.2. The second-order valence-corrected chi connectivity index (χ2v) is 2.94. The van der Waals surface area contributed by atoms with Crippen LogP contribution >= 0.6 is 0 Å². The number of rotatable bonds is 2. The largest absolute Gasteiger partial charge is 0.422 e. The summed E-state index contributed by atoms with van der Waals surface area (Å²) in [6.45, 7) is 0. The number of hydrogen-bond acceptors (Lipinski definition) is 5. The number of benzene rings is 1. The average molecular weight is 221 g/mol. The molecule has 0 unspecified atom stereocenters. The van der Waals surface area contributed by atoms with Gasteiger partial charge in [0.1, 0.15) is 5.52 Å². The van der Waals surface area contributed by atoms with Crippen molar-refractivity contribution in [2.24, 2.45) is 16.5 Å². The van der Waals surface area contributed by atoms with Gasteiger partial charge in [0.15, 0.2) is 11.5 Å². The minimum absolute atomic E-state index is 0.0319. The molecule has 0 aliphatic carbocycles. The number of aliphatic imine (C=N–C) groups is 1. The van der Waals surface area contributed by atoms with Gasteiger partial charge in [-0.15, -0.1) is 0 Å². The summed E-state index contributed by atoms with van der Waals surface area (Å²) < 4.78 is 5.11. The Bertz CT molecular complexity index is 584. The first kappa shape index (κ1) is 9.90. The molecule has 0 atom stereocenters. The molecule has 1 heterocycles. The van der Waals surface area contributed by atoms with Crippen LogP contribution in [0, 0.1) is 10.1 Å². The van der Waals surface area contributed by atoms with Gasteiger partial charge in [0.25, 0.3) is 5.69 Å². The molecule has 2 aromatic rings. The number of nitro groups is 1. The molecule has 0 radical (unpaired) electrons. The number of oxazole rings is 1. The van der Waals surface area contributed by atoms with E-state index in [0.29, 0.717) is 5.52 Å². The van der Waals surface area contributed by atoms with Crippen molar-refractivity contribution < 1.29 is 9.34 Å². The predicted molar refractivity (Wildman–Crippen MR) is 56.1 cm³/mol. The van der Waals surface area contributed by atoms with Crippen LogP contribution in [-0.4, -0.2) is 15.9 Å². The summed E-state index contributed by atoms with van der Waals surface area (Å²) in [6, 6.07) is 4.01.